The Morgan fingerprint density at radius 1 is 0.560 bits per heavy atom. The zero-order valence-electron chi connectivity index (χ0n) is 17.5. The number of hydrogen-bond donors (Lipinski definition) is 2. The van der Waals surface area contributed by atoms with E-state index in [1.54, 1.807) is 0 Å². The molecule has 0 aromatic heterocycles. The summed E-state index contributed by atoms with van der Waals surface area (Å²) in [5.74, 6) is 0. The van der Waals surface area contributed by atoms with Crippen molar-refractivity contribution >= 4 is 36.5 Å². The van der Waals surface area contributed by atoms with Gasteiger partial charge in [-0.2, -0.15) is 0 Å². The van der Waals surface area contributed by atoms with Crippen LogP contribution in [0.15, 0.2) is 0 Å². The van der Waals surface area contributed by atoms with E-state index in [-0.39, 0.29) is 12.4 Å². The van der Waals surface area contributed by atoms with Gasteiger partial charge >= 0.3 is 8.25 Å². The predicted octanol–water partition coefficient (Wildman–Crippen LogP) is 7.45. The molecule has 0 aliphatic carbocycles. The molecule has 3 nitrogen and oxygen atoms in total. The van der Waals surface area contributed by atoms with Gasteiger partial charge in [0, 0.05) is 4.57 Å². The molecule has 25 heavy (non-hydrogen) atoms. The third kappa shape index (κ3) is 36.8. The van der Waals surface area contributed by atoms with Crippen LogP contribution in [0.3, 0.4) is 0 Å². The molecule has 0 saturated heterocycles. The Morgan fingerprint density at radius 2 is 0.680 bits per heavy atom. The van der Waals surface area contributed by atoms with Crippen LogP contribution in [0, 0.1) is 0 Å². The van der Waals surface area contributed by atoms with Gasteiger partial charge < -0.3 is 0 Å². The summed E-state index contributed by atoms with van der Waals surface area (Å²) < 4.78 is 8.70. The zero-order chi connectivity index (χ0) is 19.2. The molecule has 7 heteroatoms. The standard InChI is InChI=1S/2C9H21P.ClH.HO3P/c2*1-4-7-10(8-5-2)9-6-3;;1-4(2)3/h2*4-9H2,1-3H3;1H;(H-,1,2,3)/p+1. The molecular weight excluding hydrogens is 393 g/mol. The van der Waals surface area contributed by atoms with Gasteiger partial charge in [-0.05, 0) is 37.0 Å². The Morgan fingerprint density at radius 3 is 0.760 bits per heavy atom. The average molecular weight is 438 g/mol. The summed E-state index contributed by atoms with van der Waals surface area (Å²) in [6.07, 6.45) is 17.4. The molecule has 0 spiro atoms. The van der Waals surface area contributed by atoms with Gasteiger partial charge in [-0.15, -0.1) is 38.0 Å². The molecule has 0 heterocycles. The monoisotopic (exact) mass is 437 g/mol. The van der Waals surface area contributed by atoms with Crippen molar-refractivity contribution in [3.8, 4) is 0 Å². The van der Waals surface area contributed by atoms with E-state index >= 15 is 0 Å². The van der Waals surface area contributed by atoms with Crippen LogP contribution in [0.1, 0.15) is 80.1 Å². The minimum absolute atomic E-state index is 0. The molecule has 0 aliphatic rings. The summed E-state index contributed by atoms with van der Waals surface area (Å²) in [7, 11) is -1.99. The van der Waals surface area contributed by atoms with E-state index < -0.39 is 8.25 Å². The molecule has 0 amide bonds. The van der Waals surface area contributed by atoms with Crippen molar-refractivity contribution in [2.24, 2.45) is 0 Å². The van der Waals surface area contributed by atoms with E-state index in [0.29, 0.717) is 15.8 Å². The Balaban J connectivity index is -0.000000141. The van der Waals surface area contributed by atoms with Crippen LogP contribution >= 0.6 is 36.5 Å². The molecule has 0 aromatic carbocycles. The Labute approximate surface area is 168 Å². The highest BCUT2D eigenvalue weighted by Gasteiger charge is 2.03. The Bertz CT molecular complexity index is 197. The largest absolute Gasteiger partial charge is 0.692 e. The molecule has 0 saturated carbocycles. The second kappa shape index (κ2) is 29.9. The van der Waals surface area contributed by atoms with Crippen molar-refractivity contribution < 1.29 is 14.4 Å². The Kier molecular flexibility index (Phi) is 40.4. The lowest BCUT2D eigenvalue weighted by molar-refractivity contribution is 0.405. The second-order valence-corrected chi connectivity index (χ2v) is 11.8. The third-order valence-corrected chi connectivity index (χ3v) is 9.72. The SMILES string of the molecule is CCCP(CCC)CCC.CCCP(CCC)CCC.Cl.O=[P+](O)O. The molecular formula is C18H45ClO3P3+. The topological polar surface area (TPSA) is 57.5 Å². The predicted molar refractivity (Wildman–Crippen MR) is 124 cm³/mol. The molecule has 0 radical (unpaired) electrons. The van der Waals surface area contributed by atoms with E-state index in [0.717, 1.165) is 0 Å². The maximum atomic E-state index is 8.70. The highest BCUT2D eigenvalue weighted by molar-refractivity contribution is 7.57. The highest BCUT2D eigenvalue weighted by atomic mass is 35.5. The second-order valence-electron chi connectivity index (χ2n) is 5.94. The van der Waals surface area contributed by atoms with Gasteiger partial charge in [0.2, 0.25) is 0 Å². The number of rotatable bonds is 12. The van der Waals surface area contributed by atoms with E-state index in [2.05, 4.69) is 41.5 Å². The molecule has 0 atom stereocenters. The summed E-state index contributed by atoms with van der Waals surface area (Å²) in [6, 6.07) is 0. The summed E-state index contributed by atoms with van der Waals surface area (Å²) >= 11 is 0. The quantitative estimate of drug-likeness (QED) is 0.312. The van der Waals surface area contributed by atoms with Crippen LogP contribution in [0.25, 0.3) is 0 Å². The van der Waals surface area contributed by atoms with Crippen molar-refractivity contribution in [3.63, 3.8) is 0 Å². The molecule has 2 N–H and O–H groups in total. The summed E-state index contributed by atoms with van der Waals surface area (Å²) in [5, 5.41) is 0. The van der Waals surface area contributed by atoms with Gasteiger partial charge in [-0.25, -0.2) is 0 Å². The maximum absolute atomic E-state index is 8.70. The molecule has 0 aliphatic heterocycles. The van der Waals surface area contributed by atoms with Crippen molar-refractivity contribution in [2.45, 2.75) is 80.1 Å². The lowest BCUT2D eigenvalue weighted by Crippen LogP contribution is -1.92. The molecule has 156 valence electrons. The van der Waals surface area contributed by atoms with Crippen molar-refractivity contribution in [3.05, 3.63) is 0 Å². The van der Waals surface area contributed by atoms with Crippen molar-refractivity contribution in [1.82, 2.24) is 0 Å². The fourth-order valence-electron chi connectivity index (χ4n) is 2.57. The summed E-state index contributed by atoms with van der Waals surface area (Å²) in [4.78, 5) is 14.2. The zero-order valence-corrected chi connectivity index (χ0v) is 21.0. The van der Waals surface area contributed by atoms with Gasteiger partial charge in [0.1, 0.15) is 0 Å². The van der Waals surface area contributed by atoms with Gasteiger partial charge in [0.25, 0.3) is 0 Å². The Hall–Kier alpha value is 1.17. The number of halogens is 1. The maximum Gasteiger partial charge on any atom is 0.692 e. The minimum atomic E-state index is -2.87. The average Bonchev–Trinajstić information content (AvgIpc) is 2.49. The van der Waals surface area contributed by atoms with Crippen LogP contribution in [0.2, 0.25) is 0 Å². The summed E-state index contributed by atoms with van der Waals surface area (Å²) in [6.45, 7) is 13.8. The van der Waals surface area contributed by atoms with Gasteiger partial charge in [0.05, 0.1) is 0 Å². The normalized spacial score (nSPS) is 9.68. The first-order chi connectivity index (χ1) is 11.4. The smallest absolute Gasteiger partial charge is 0.147 e. The molecule has 0 aromatic rings. The van der Waals surface area contributed by atoms with Crippen LogP contribution < -0.4 is 0 Å². The van der Waals surface area contributed by atoms with Gasteiger partial charge in [-0.3, -0.25) is 0 Å². The van der Waals surface area contributed by atoms with Crippen molar-refractivity contribution in [2.75, 3.05) is 37.0 Å². The minimum Gasteiger partial charge on any atom is -0.147 e. The summed E-state index contributed by atoms with van der Waals surface area (Å²) in [5.41, 5.74) is 0. The molecule has 0 bridgehead atoms. The molecule has 0 unspecified atom stereocenters. The fourth-order valence-corrected chi connectivity index (χ4v) is 7.70. The highest BCUT2D eigenvalue weighted by Crippen LogP contribution is 2.37. The van der Waals surface area contributed by atoms with Crippen LogP contribution in [-0.2, 0) is 4.57 Å². The van der Waals surface area contributed by atoms with Crippen LogP contribution in [-0.4, -0.2) is 46.8 Å². The van der Waals surface area contributed by atoms with Crippen LogP contribution in [0.4, 0.5) is 0 Å². The van der Waals surface area contributed by atoms with Gasteiger partial charge in [-0.1, -0.05) is 80.1 Å². The number of hydrogen-bond acceptors (Lipinski definition) is 1. The third-order valence-electron chi connectivity index (χ3n) is 3.24. The molecule has 0 fully saturated rings. The van der Waals surface area contributed by atoms with E-state index in [1.165, 1.54) is 75.5 Å². The fraction of sp³-hybridized carbons (Fsp3) is 1.00. The van der Waals surface area contributed by atoms with Crippen LogP contribution in [0.5, 0.6) is 0 Å². The van der Waals surface area contributed by atoms with E-state index in [4.69, 9.17) is 14.4 Å². The van der Waals surface area contributed by atoms with Gasteiger partial charge in [0.15, 0.2) is 0 Å². The first kappa shape index (κ1) is 33.7. The van der Waals surface area contributed by atoms with E-state index in [1.807, 2.05) is 0 Å². The lowest BCUT2D eigenvalue weighted by atomic mass is 10.6. The lowest BCUT2D eigenvalue weighted by Gasteiger charge is -2.13. The van der Waals surface area contributed by atoms with E-state index in [9.17, 15) is 0 Å². The first-order valence-corrected chi connectivity index (χ1v) is 14.7. The van der Waals surface area contributed by atoms with Crippen molar-refractivity contribution in [1.29, 1.82) is 0 Å². The molecule has 0 rings (SSSR count). The first-order valence-electron chi connectivity index (χ1n) is 9.72.